The number of hydrogen-bond donors (Lipinski definition) is 1. The third-order valence-corrected chi connectivity index (χ3v) is 3.51. The number of hydrogen-bond acceptors (Lipinski definition) is 2. The Kier molecular flexibility index (Phi) is 5.12. The molecule has 0 radical (unpaired) electrons. The molecule has 0 saturated carbocycles. The quantitative estimate of drug-likeness (QED) is 0.634. The molecule has 2 aromatic rings. The van der Waals surface area contributed by atoms with Gasteiger partial charge in [-0.3, -0.25) is 9.59 Å². The minimum absolute atomic E-state index is 0.142. The number of carbonyl (C=O) groups is 2. The van der Waals surface area contributed by atoms with Crippen molar-refractivity contribution in [1.29, 1.82) is 0 Å². The van der Waals surface area contributed by atoms with Crippen molar-refractivity contribution in [2.24, 2.45) is 0 Å². The lowest BCUT2D eigenvalue weighted by Crippen LogP contribution is -2.22. The number of carbonyl (C=O) groups excluding carboxylic acids is 2. The number of rotatable bonds is 3. The highest BCUT2D eigenvalue weighted by atomic mass is 35.6. The third-order valence-electron chi connectivity index (χ3n) is 2.99. The first-order valence-electron chi connectivity index (χ1n) is 6.37. The summed E-state index contributed by atoms with van der Waals surface area (Å²) in [4.78, 5) is 24.3. The summed E-state index contributed by atoms with van der Waals surface area (Å²) < 4.78 is -2.08. The number of amides is 1. The molecule has 0 aliphatic carbocycles. The summed E-state index contributed by atoms with van der Waals surface area (Å²) in [6.45, 7) is 1.93. The van der Waals surface area contributed by atoms with Crippen molar-refractivity contribution in [2.45, 2.75) is 10.7 Å². The molecule has 0 saturated heterocycles. The van der Waals surface area contributed by atoms with Crippen LogP contribution in [0, 0.1) is 6.92 Å². The van der Waals surface area contributed by atoms with Gasteiger partial charge in [0.1, 0.15) is 0 Å². The van der Waals surface area contributed by atoms with E-state index in [0.29, 0.717) is 11.3 Å². The molecule has 0 heterocycles. The number of Topliss-reactive ketones (excluding diaryl/α,β-unsaturated/α-hetero) is 1. The van der Waals surface area contributed by atoms with Gasteiger partial charge in [-0.15, -0.1) is 0 Å². The first kappa shape index (κ1) is 16.8. The van der Waals surface area contributed by atoms with Crippen LogP contribution in [0.5, 0.6) is 0 Å². The van der Waals surface area contributed by atoms with Crippen molar-refractivity contribution in [3.05, 3.63) is 65.2 Å². The standard InChI is InChI=1S/C16H12Cl3NO2/c1-10-6-8-11(9-7-10)15(22)20-13-5-3-2-4-12(13)14(21)16(17,18)19/h2-9H,1H3,(H,20,22). The Morgan fingerprint density at radius 2 is 1.55 bits per heavy atom. The second kappa shape index (κ2) is 6.69. The van der Waals surface area contributed by atoms with E-state index in [9.17, 15) is 9.59 Å². The molecule has 0 bridgehead atoms. The molecular formula is C16H12Cl3NO2. The van der Waals surface area contributed by atoms with Crippen LogP contribution in [0.15, 0.2) is 48.5 Å². The van der Waals surface area contributed by atoms with Gasteiger partial charge in [-0.1, -0.05) is 64.6 Å². The zero-order valence-electron chi connectivity index (χ0n) is 11.6. The zero-order valence-corrected chi connectivity index (χ0v) is 13.8. The van der Waals surface area contributed by atoms with Crippen molar-refractivity contribution in [1.82, 2.24) is 0 Å². The smallest absolute Gasteiger partial charge is 0.255 e. The minimum atomic E-state index is -2.08. The molecule has 0 aromatic heterocycles. The van der Waals surface area contributed by atoms with Crippen LogP contribution in [0.2, 0.25) is 0 Å². The summed E-state index contributed by atoms with van der Waals surface area (Å²) in [5, 5.41) is 2.66. The number of anilines is 1. The minimum Gasteiger partial charge on any atom is -0.321 e. The van der Waals surface area contributed by atoms with Crippen LogP contribution in [-0.4, -0.2) is 15.5 Å². The van der Waals surface area contributed by atoms with Crippen LogP contribution >= 0.6 is 34.8 Å². The monoisotopic (exact) mass is 355 g/mol. The summed E-state index contributed by atoms with van der Waals surface area (Å²) in [6.07, 6.45) is 0. The number of nitrogens with one attached hydrogen (secondary N) is 1. The Morgan fingerprint density at radius 1 is 0.955 bits per heavy atom. The Hall–Kier alpha value is -1.55. The van der Waals surface area contributed by atoms with E-state index in [1.807, 2.05) is 19.1 Å². The Balaban J connectivity index is 2.29. The maximum absolute atomic E-state index is 12.2. The van der Waals surface area contributed by atoms with Gasteiger partial charge in [-0.2, -0.15) is 0 Å². The van der Waals surface area contributed by atoms with Crippen LogP contribution in [0.3, 0.4) is 0 Å². The van der Waals surface area contributed by atoms with Gasteiger partial charge in [-0.05, 0) is 31.2 Å². The lowest BCUT2D eigenvalue weighted by Gasteiger charge is -2.14. The number of halogens is 3. The van der Waals surface area contributed by atoms with Crippen LogP contribution in [0.25, 0.3) is 0 Å². The second-order valence-corrected chi connectivity index (χ2v) is 6.97. The fourth-order valence-electron chi connectivity index (χ4n) is 1.84. The van der Waals surface area contributed by atoms with Gasteiger partial charge in [0.15, 0.2) is 0 Å². The van der Waals surface area contributed by atoms with Gasteiger partial charge in [-0.25, -0.2) is 0 Å². The van der Waals surface area contributed by atoms with E-state index < -0.39 is 9.58 Å². The van der Waals surface area contributed by atoms with E-state index in [-0.39, 0.29) is 11.5 Å². The SMILES string of the molecule is Cc1ccc(C(=O)Nc2ccccc2C(=O)C(Cl)(Cl)Cl)cc1. The highest BCUT2D eigenvalue weighted by Gasteiger charge is 2.33. The Labute approximate surface area is 143 Å². The molecule has 0 spiro atoms. The average molecular weight is 357 g/mol. The average Bonchev–Trinajstić information content (AvgIpc) is 2.46. The molecule has 2 aromatic carbocycles. The maximum atomic E-state index is 12.2. The molecule has 2 rings (SSSR count). The van der Waals surface area contributed by atoms with Crippen LogP contribution in [0.4, 0.5) is 5.69 Å². The molecule has 0 fully saturated rings. The molecule has 1 N–H and O–H groups in total. The summed E-state index contributed by atoms with van der Waals surface area (Å²) in [6, 6.07) is 13.4. The van der Waals surface area contributed by atoms with Crippen molar-refractivity contribution in [3.63, 3.8) is 0 Å². The van der Waals surface area contributed by atoms with Crippen LogP contribution in [-0.2, 0) is 0 Å². The van der Waals surface area contributed by atoms with Gasteiger partial charge in [0.25, 0.3) is 9.70 Å². The number of alkyl halides is 3. The van der Waals surface area contributed by atoms with Gasteiger partial charge in [0, 0.05) is 11.1 Å². The van der Waals surface area contributed by atoms with Crippen LogP contribution < -0.4 is 5.32 Å². The molecule has 6 heteroatoms. The maximum Gasteiger partial charge on any atom is 0.255 e. The number of aryl methyl sites for hydroxylation is 1. The Morgan fingerprint density at radius 3 is 2.14 bits per heavy atom. The molecule has 114 valence electrons. The van der Waals surface area contributed by atoms with Crippen LogP contribution in [0.1, 0.15) is 26.3 Å². The van der Waals surface area contributed by atoms with Crippen molar-refractivity contribution in [2.75, 3.05) is 5.32 Å². The Bertz CT molecular complexity index is 706. The normalized spacial score (nSPS) is 11.1. The molecule has 0 aliphatic rings. The molecule has 0 aliphatic heterocycles. The van der Waals surface area contributed by atoms with Gasteiger partial charge in [0.05, 0.1) is 5.69 Å². The highest BCUT2D eigenvalue weighted by Crippen LogP contribution is 2.33. The zero-order chi connectivity index (χ0) is 16.3. The fourth-order valence-corrected chi connectivity index (χ4v) is 2.15. The van der Waals surface area contributed by atoms with Crippen molar-refractivity contribution in [3.8, 4) is 0 Å². The molecule has 22 heavy (non-hydrogen) atoms. The number of para-hydroxylation sites is 1. The second-order valence-electron chi connectivity index (χ2n) is 4.69. The largest absolute Gasteiger partial charge is 0.321 e. The van der Waals surface area contributed by atoms with Gasteiger partial charge >= 0.3 is 0 Å². The predicted molar refractivity (Wildman–Crippen MR) is 90.2 cm³/mol. The molecule has 0 unspecified atom stereocenters. The lowest BCUT2D eigenvalue weighted by atomic mass is 10.1. The van der Waals surface area contributed by atoms with E-state index in [2.05, 4.69) is 5.32 Å². The summed E-state index contributed by atoms with van der Waals surface area (Å²) in [5.41, 5.74) is 1.96. The predicted octanol–water partition coefficient (Wildman–Crippen LogP) is 4.80. The summed E-state index contributed by atoms with van der Waals surface area (Å²) in [5.74, 6) is -1.04. The topological polar surface area (TPSA) is 46.2 Å². The third kappa shape index (κ3) is 4.01. The fraction of sp³-hybridized carbons (Fsp3) is 0.125. The molecule has 3 nitrogen and oxygen atoms in total. The lowest BCUT2D eigenvalue weighted by molar-refractivity contribution is 0.0997. The summed E-state index contributed by atoms with van der Waals surface area (Å²) >= 11 is 16.9. The first-order valence-corrected chi connectivity index (χ1v) is 7.51. The first-order chi connectivity index (χ1) is 10.3. The van der Waals surface area contributed by atoms with E-state index in [1.165, 1.54) is 6.07 Å². The molecule has 1 amide bonds. The van der Waals surface area contributed by atoms with Crippen molar-refractivity contribution >= 4 is 52.2 Å². The van der Waals surface area contributed by atoms with Gasteiger partial charge < -0.3 is 5.32 Å². The van der Waals surface area contributed by atoms with E-state index in [1.54, 1.807) is 30.3 Å². The van der Waals surface area contributed by atoms with Gasteiger partial charge in [0.2, 0.25) is 5.78 Å². The summed E-state index contributed by atoms with van der Waals surface area (Å²) in [7, 11) is 0. The van der Waals surface area contributed by atoms with E-state index in [0.717, 1.165) is 5.56 Å². The number of ketones is 1. The van der Waals surface area contributed by atoms with Crippen molar-refractivity contribution < 1.29 is 9.59 Å². The molecule has 0 atom stereocenters. The van der Waals surface area contributed by atoms with E-state index >= 15 is 0 Å². The van der Waals surface area contributed by atoms with E-state index in [4.69, 9.17) is 34.8 Å². The highest BCUT2D eigenvalue weighted by molar-refractivity contribution is 6.77. The number of benzene rings is 2. The molecular weight excluding hydrogens is 345 g/mol.